The number of nitrogens with zero attached hydrogens (tertiary/aromatic N) is 13. The van der Waals surface area contributed by atoms with Gasteiger partial charge in [-0.05, 0) is 102 Å². The van der Waals surface area contributed by atoms with Crippen molar-refractivity contribution >= 4 is 43.6 Å². The standard InChI is InChI=1S/C83H49N13/c84-50-52-21-20-32-59(45-52)60-38-42-73(95-69-35-18-16-33-63(69)66-48-61(39-43-71(66)95)80-88-75(54-22-6-1-7-23-54)86-76(89-80)55-24-8-2-9-25-55)68(47-60)83-93-79(58-30-14-5-15-31-58)92-82(94-83)65-41-37-53(51-85)46-74(65)96-70-36-19-17-34-64(70)67-49-62(40-44-72(67)96)81-90-77(56-26-10-3-11-27-56)87-78(91-81)57-28-12-4-13-29-57/h1-49H. The molecule has 0 radical (unpaired) electrons. The molecule has 0 unspecified atom stereocenters. The predicted molar refractivity (Wildman–Crippen MR) is 379 cm³/mol. The maximum atomic E-state index is 10.8. The zero-order chi connectivity index (χ0) is 64.1. The summed E-state index contributed by atoms with van der Waals surface area (Å²) in [5, 5.41) is 24.9. The molecule has 0 spiro atoms. The van der Waals surface area contributed by atoms with Gasteiger partial charge in [-0.15, -0.1) is 0 Å². The summed E-state index contributed by atoms with van der Waals surface area (Å²) < 4.78 is 4.46. The van der Waals surface area contributed by atoms with Crippen LogP contribution in [0.2, 0.25) is 0 Å². The molecule has 0 fully saturated rings. The van der Waals surface area contributed by atoms with Crippen LogP contribution in [0.4, 0.5) is 0 Å². The minimum Gasteiger partial charge on any atom is -0.309 e. The normalized spacial score (nSPS) is 11.3. The van der Waals surface area contributed by atoms with Gasteiger partial charge < -0.3 is 9.13 Å². The van der Waals surface area contributed by atoms with Crippen LogP contribution in [-0.2, 0) is 0 Å². The number of para-hydroxylation sites is 2. The third kappa shape index (κ3) is 10.2. The first-order chi connectivity index (χ1) is 47.5. The molecule has 17 aromatic rings. The molecule has 13 nitrogen and oxygen atoms in total. The average Bonchev–Trinajstić information content (AvgIpc) is 1.65. The maximum Gasteiger partial charge on any atom is 0.166 e. The first kappa shape index (κ1) is 56.2. The molecule has 0 N–H and O–H groups in total. The zero-order valence-electron chi connectivity index (χ0n) is 51.1. The molecule has 0 aliphatic rings. The molecule has 0 atom stereocenters. The van der Waals surface area contributed by atoms with Crippen molar-refractivity contribution in [2.75, 3.05) is 0 Å². The van der Waals surface area contributed by atoms with Crippen LogP contribution < -0.4 is 0 Å². The summed E-state index contributed by atoms with van der Waals surface area (Å²) in [7, 11) is 0. The number of aromatic nitrogens is 11. The molecular weight excluding hydrogens is 1180 g/mol. The van der Waals surface area contributed by atoms with Crippen LogP contribution in [-0.4, -0.2) is 54.0 Å². The quantitative estimate of drug-likeness (QED) is 0.114. The van der Waals surface area contributed by atoms with E-state index in [0.29, 0.717) is 80.4 Å². The summed E-state index contributed by atoms with van der Waals surface area (Å²) in [6.45, 7) is 0. The van der Waals surface area contributed by atoms with Crippen LogP contribution in [0.5, 0.6) is 0 Å². The van der Waals surface area contributed by atoms with Gasteiger partial charge in [-0.2, -0.15) is 10.5 Å². The van der Waals surface area contributed by atoms with E-state index in [4.69, 9.17) is 44.9 Å². The summed E-state index contributed by atoms with van der Waals surface area (Å²) in [5.74, 6) is 4.56. The molecule has 13 heteroatoms. The zero-order valence-corrected chi connectivity index (χ0v) is 51.1. The topological polar surface area (TPSA) is 173 Å². The van der Waals surface area contributed by atoms with Crippen molar-refractivity contribution in [3.05, 3.63) is 308 Å². The second kappa shape index (κ2) is 23.8. The lowest BCUT2D eigenvalue weighted by Gasteiger charge is -2.18. The minimum absolute atomic E-state index is 0.379. The molecule has 0 amide bonds. The molecule has 0 bridgehead atoms. The fraction of sp³-hybridized carbons (Fsp3) is 0. The monoisotopic (exact) mass is 1230 g/mol. The van der Waals surface area contributed by atoms with Gasteiger partial charge >= 0.3 is 0 Å². The molecule has 0 aliphatic heterocycles. The predicted octanol–water partition coefficient (Wildman–Crippen LogP) is 18.8. The van der Waals surface area contributed by atoms with Gasteiger partial charge in [0.05, 0.1) is 56.7 Å². The van der Waals surface area contributed by atoms with Gasteiger partial charge in [0.1, 0.15) is 0 Å². The van der Waals surface area contributed by atoms with Gasteiger partial charge in [0.15, 0.2) is 52.4 Å². The van der Waals surface area contributed by atoms with Gasteiger partial charge in [-0.25, -0.2) is 44.9 Å². The van der Waals surface area contributed by atoms with E-state index in [2.05, 4.69) is 106 Å². The first-order valence-electron chi connectivity index (χ1n) is 31.3. The number of benzene rings is 12. The largest absolute Gasteiger partial charge is 0.309 e. The molecule has 0 aliphatic carbocycles. The number of fused-ring (bicyclic) bond motifs is 6. The summed E-state index contributed by atoms with van der Waals surface area (Å²) in [5.41, 5.74) is 15.1. The van der Waals surface area contributed by atoms with Gasteiger partial charge in [-0.3, -0.25) is 0 Å². The van der Waals surface area contributed by atoms with Crippen LogP contribution in [0.15, 0.2) is 297 Å². The maximum absolute atomic E-state index is 10.8. The van der Waals surface area contributed by atoms with Gasteiger partial charge in [0.25, 0.3) is 0 Å². The van der Waals surface area contributed by atoms with E-state index in [1.54, 1.807) is 6.07 Å². The molecule has 5 aromatic heterocycles. The lowest BCUT2D eigenvalue weighted by molar-refractivity contribution is 1.06. The summed E-state index contributed by atoms with van der Waals surface area (Å²) in [6.07, 6.45) is 0. The summed E-state index contributed by atoms with van der Waals surface area (Å²) >= 11 is 0. The fourth-order valence-corrected chi connectivity index (χ4v) is 12.8. The lowest BCUT2D eigenvalue weighted by Crippen LogP contribution is -2.06. The van der Waals surface area contributed by atoms with Crippen molar-refractivity contribution in [3.8, 4) is 137 Å². The SMILES string of the molecule is N#Cc1cccc(-c2ccc(-n3c4ccccc4c4cc(-c5nc(-c6ccccc6)nc(-c6ccccc6)n5)ccc43)c(-c3nc(-c4ccccc4)nc(-c4ccc(C#N)cc4-n4c5ccccc5c5cc(-c6nc(-c7ccccc7)nc(-c7ccccc7)n6)ccc54)n3)c2)c1. The first-order valence-corrected chi connectivity index (χ1v) is 31.3. The molecule has 17 rings (SSSR count). The van der Waals surface area contributed by atoms with E-state index < -0.39 is 0 Å². The van der Waals surface area contributed by atoms with Crippen LogP contribution in [0, 0.1) is 22.7 Å². The third-order valence-electron chi connectivity index (χ3n) is 17.3. The summed E-state index contributed by atoms with van der Waals surface area (Å²) in [6, 6.07) is 103. The van der Waals surface area contributed by atoms with Crippen molar-refractivity contribution in [1.82, 2.24) is 54.0 Å². The number of hydrogen-bond acceptors (Lipinski definition) is 11. The van der Waals surface area contributed by atoms with Crippen LogP contribution in [0.3, 0.4) is 0 Å². The van der Waals surface area contributed by atoms with Crippen molar-refractivity contribution in [2.45, 2.75) is 0 Å². The fourth-order valence-electron chi connectivity index (χ4n) is 12.8. The van der Waals surface area contributed by atoms with E-state index in [9.17, 15) is 10.5 Å². The molecule has 5 heterocycles. The van der Waals surface area contributed by atoms with Crippen LogP contribution in [0.1, 0.15) is 11.1 Å². The molecule has 0 saturated heterocycles. The Morgan fingerprint density at radius 3 is 0.990 bits per heavy atom. The van der Waals surface area contributed by atoms with E-state index in [1.165, 1.54) is 0 Å². The van der Waals surface area contributed by atoms with Crippen LogP contribution in [0.25, 0.3) is 169 Å². The Morgan fingerprint density at radius 2 is 0.542 bits per heavy atom. The Kier molecular flexibility index (Phi) is 13.9. The lowest BCUT2D eigenvalue weighted by atomic mass is 9.99. The van der Waals surface area contributed by atoms with Crippen LogP contribution >= 0.6 is 0 Å². The van der Waals surface area contributed by atoms with Crippen molar-refractivity contribution < 1.29 is 0 Å². The Bertz CT molecular complexity index is 5860. The average molecular weight is 1230 g/mol. The number of rotatable bonds is 12. The van der Waals surface area contributed by atoms with Gasteiger partial charge in [0.2, 0.25) is 0 Å². The third-order valence-corrected chi connectivity index (χ3v) is 17.3. The highest BCUT2D eigenvalue weighted by molar-refractivity contribution is 6.12. The summed E-state index contributed by atoms with van der Waals surface area (Å²) in [4.78, 5) is 46.9. The number of hydrogen-bond donors (Lipinski definition) is 0. The molecule has 0 saturated carbocycles. The molecule has 446 valence electrons. The highest BCUT2D eigenvalue weighted by Gasteiger charge is 2.25. The van der Waals surface area contributed by atoms with Crippen molar-refractivity contribution in [2.24, 2.45) is 0 Å². The van der Waals surface area contributed by atoms with E-state index in [-0.39, 0.29) is 0 Å². The number of nitriles is 2. The molecule has 96 heavy (non-hydrogen) atoms. The van der Waals surface area contributed by atoms with Crippen molar-refractivity contribution in [3.63, 3.8) is 0 Å². The second-order valence-electron chi connectivity index (χ2n) is 23.2. The van der Waals surface area contributed by atoms with E-state index in [0.717, 1.165) is 99.4 Å². The Morgan fingerprint density at radius 1 is 0.208 bits per heavy atom. The van der Waals surface area contributed by atoms with E-state index >= 15 is 0 Å². The highest BCUT2D eigenvalue weighted by atomic mass is 15.1. The highest BCUT2D eigenvalue weighted by Crippen LogP contribution is 2.43. The van der Waals surface area contributed by atoms with Crippen molar-refractivity contribution in [1.29, 1.82) is 10.5 Å². The molecule has 12 aromatic carbocycles. The smallest absolute Gasteiger partial charge is 0.166 e. The second-order valence-corrected chi connectivity index (χ2v) is 23.2. The Labute approximate surface area is 550 Å². The molecular formula is C83H49N13. The Balaban J connectivity index is 0.869. The van der Waals surface area contributed by atoms with Gasteiger partial charge in [0, 0.05) is 71.6 Å². The minimum atomic E-state index is 0.379. The Hall–Kier alpha value is -13.8. The van der Waals surface area contributed by atoms with Gasteiger partial charge in [-0.1, -0.05) is 206 Å². The van der Waals surface area contributed by atoms with E-state index in [1.807, 2.05) is 206 Å².